The molecule has 1 unspecified atom stereocenters. The summed E-state index contributed by atoms with van der Waals surface area (Å²) in [7, 11) is 3.16. The Hall–Kier alpha value is -4.28. The maximum atomic E-state index is 14.0. The summed E-state index contributed by atoms with van der Waals surface area (Å²) in [4.78, 5) is 23.5. The molecule has 0 bridgehead atoms. The van der Waals surface area contributed by atoms with Crippen molar-refractivity contribution in [3.63, 3.8) is 0 Å². The Morgan fingerprint density at radius 2 is 1.67 bits per heavy atom. The highest BCUT2D eigenvalue weighted by Gasteiger charge is 2.42. The van der Waals surface area contributed by atoms with E-state index in [0.29, 0.717) is 61.8 Å². The minimum Gasteiger partial charge on any atom is -0.493 e. The average Bonchev–Trinajstić information content (AvgIpc) is 3.73. The van der Waals surface area contributed by atoms with E-state index in [1.165, 1.54) is 5.56 Å². The van der Waals surface area contributed by atoms with Crippen LogP contribution in [0.1, 0.15) is 55.5 Å². The summed E-state index contributed by atoms with van der Waals surface area (Å²) in [5, 5.41) is 3.78. The molecular formula is C39H51N5O5. The van der Waals surface area contributed by atoms with Crippen molar-refractivity contribution >= 4 is 22.9 Å². The second-order valence-corrected chi connectivity index (χ2v) is 13.0. The van der Waals surface area contributed by atoms with Gasteiger partial charge in [-0.15, -0.1) is 0 Å². The molecule has 10 nitrogen and oxygen atoms in total. The van der Waals surface area contributed by atoms with Gasteiger partial charge in [0.15, 0.2) is 11.5 Å². The quantitative estimate of drug-likeness (QED) is 0.149. The number of rotatable bonds is 15. The zero-order chi connectivity index (χ0) is 34.2. The van der Waals surface area contributed by atoms with Gasteiger partial charge in [0.05, 0.1) is 38.5 Å². The lowest BCUT2D eigenvalue weighted by molar-refractivity contribution is 0.0779. The van der Waals surface area contributed by atoms with E-state index in [2.05, 4.69) is 63.3 Å². The maximum Gasteiger partial charge on any atom is 0.254 e. The third-order valence-corrected chi connectivity index (χ3v) is 10.2. The van der Waals surface area contributed by atoms with Crippen LogP contribution in [0.25, 0.3) is 11.0 Å². The molecule has 2 aliphatic heterocycles. The first kappa shape index (κ1) is 34.6. The monoisotopic (exact) mass is 669 g/mol. The van der Waals surface area contributed by atoms with Crippen LogP contribution < -0.4 is 19.5 Å². The highest BCUT2D eigenvalue weighted by molar-refractivity contribution is 5.96. The van der Waals surface area contributed by atoms with Gasteiger partial charge in [-0.1, -0.05) is 42.5 Å². The average molecular weight is 670 g/mol. The molecule has 2 aliphatic rings. The number of benzene rings is 3. The highest BCUT2D eigenvalue weighted by Crippen LogP contribution is 2.42. The third kappa shape index (κ3) is 7.65. The van der Waals surface area contributed by atoms with E-state index in [9.17, 15) is 4.79 Å². The van der Waals surface area contributed by atoms with Crippen LogP contribution >= 0.6 is 0 Å². The predicted molar refractivity (Wildman–Crippen MR) is 193 cm³/mol. The lowest BCUT2D eigenvalue weighted by Crippen LogP contribution is -2.42. The molecule has 0 saturated carbocycles. The molecule has 1 atom stereocenters. The smallest absolute Gasteiger partial charge is 0.254 e. The van der Waals surface area contributed by atoms with E-state index in [4.69, 9.17) is 23.9 Å². The molecule has 0 radical (unpaired) electrons. The molecule has 2 fully saturated rings. The fourth-order valence-corrected chi connectivity index (χ4v) is 7.49. The first-order valence-corrected chi connectivity index (χ1v) is 17.7. The van der Waals surface area contributed by atoms with E-state index in [0.717, 1.165) is 68.8 Å². The number of likely N-dealkylation sites (tertiary alicyclic amines) is 2. The minimum absolute atomic E-state index is 0.0149. The molecule has 1 amide bonds. The summed E-state index contributed by atoms with van der Waals surface area (Å²) in [6, 6.07) is 23.0. The Bertz CT molecular complexity index is 1690. The van der Waals surface area contributed by atoms with Crippen LogP contribution in [0.3, 0.4) is 0 Å². The SMILES string of the molecule is CCOCCn1c(NC2CCN(CCC3(c4ccccc4)CCN(C(=O)c4cc(OC)c(OC)c(OCC)c4)C3)CC2)nc2ccccc21. The molecule has 3 aromatic carbocycles. The largest absolute Gasteiger partial charge is 0.493 e. The second kappa shape index (κ2) is 16.0. The van der Waals surface area contributed by atoms with Crippen LogP contribution in [0.5, 0.6) is 17.2 Å². The molecule has 6 rings (SSSR count). The Morgan fingerprint density at radius 1 is 0.918 bits per heavy atom. The molecule has 1 aromatic heterocycles. The molecule has 0 aliphatic carbocycles. The van der Waals surface area contributed by atoms with E-state index < -0.39 is 0 Å². The van der Waals surface area contributed by atoms with Crippen molar-refractivity contribution in [3.8, 4) is 17.2 Å². The number of hydrogen-bond donors (Lipinski definition) is 1. The third-order valence-electron chi connectivity index (χ3n) is 10.2. The molecular weight excluding hydrogens is 618 g/mol. The lowest BCUT2D eigenvalue weighted by atomic mass is 9.76. The van der Waals surface area contributed by atoms with E-state index in [-0.39, 0.29) is 11.3 Å². The normalized spacial score (nSPS) is 18.6. The first-order chi connectivity index (χ1) is 24.0. The fraction of sp³-hybridized carbons (Fsp3) is 0.487. The maximum absolute atomic E-state index is 14.0. The standard InChI is InChI=1S/C39H51N5O5/c1-5-48-25-24-44-33-15-11-10-14-32(33)41-38(44)40-31-16-20-42(21-17-31)22-18-39(30-12-8-7-9-13-30)19-23-43(28-39)37(45)29-26-34(46-3)36(47-4)35(27-29)49-6-2/h7-15,26-27,31H,5-6,16-25,28H2,1-4H3,(H,40,41). The van der Waals surface area contributed by atoms with E-state index >= 15 is 0 Å². The number of piperidine rings is 1. The Balaban J connectivity index is 1.11. The summed E-state index contributed by atoms with van der Waals surface area (Å²) >= 11 is 0. The van der Waals surface area contributed by atoms with Crippen LogP contribution in [0, 0.1) is 0 Å². The number of fused-ring (bicyclic) bond motifs is 1. The Morgan fingerprint density at radius 3 is 2.41 bits per heavy atom. The van der Waals surface area contributed by atoms with Crippen molar-refractivity contribution in [1.29, 1.82) is 0 Å². The number of imidazole rings is 1. The summed E-state index contributed by atoms with van der Waals surface area (Å²) in [5.41, 5.74) is 3.88. The van der Waals surface area contributed by atoms with Gasteiger partial charge in [-0.2, -0.15) is 0 Å². The second-order valence-electron chi connectivity index (χ2n) is 13.0. The number of carbonyl (C=O) groups excluding carboxylic acids is 1. The number of nitrogens with one attached hydrogen (secondary N) is 1. The summed E-state index contributed by atoms with van der Waals surface area (Å²) < 4.78 is 24.9. The molecule has 49 heavy (non-hydrogen) atoms. The van der Waals surface area contributed by atoms with Crippen molar-refractivity contribution in [2.75, 3.05) is 72.1 Å². The molecule has 10 heteroatoms. The van der Waals surface area contributed by atoms with Crippen LogP contribution in [-0.2, 0) is 16.7 Å². The first-order valence-electron chi connectivity index (χ1n) is 17.7. The van der Waals surface area contributed by atoms with Gasteiger partial charge in [-0.05, 0) is 75.9 Å². The Kier molecular flexibility index (Phi) is 11.3. The van der Waals surface area contributed by atoms with E-state index in [1.807, 2.05) is 24.8 Å². The van der Waals surface area contributed by atoms with Crippen molar-refractivity contribution in [2.45, 2.75) is 57.5 Å². The number of anilines is 1. The summed E-state index contributed by atoms with van der Waals surface area (Å²) in [6.07, 6.45) is 4.02. The fourth-order valence-electron chi connectivity index (χ4n) is 7.49. The van der Waals surface area contributed by atoms with Gasteiger partial charge in [-0.25, -0.2) is 4.98 Å². The van der Waals surface area contributed by atoms with Gasteiger partial charge >= 0.3 is 0 Å². The van der Waals surface area contributed by atoms with Gasteiger partial charge in [0.25, 0.3) is 5.91 Å². The van der Waals surface area contributed by atoms with Crippen molar-refractivity contribution in [3.05, 3.63) is 77.9 Å². The van der Waals surface area contributed by atoms with Crippen LogP contribution in [0.2, 0.25) is 0 Å². The van der Waals surface area contributed by atoms with Crippen LogP contribution in [0.4, 0.5) is 5.95 Å². The summed E-state index contributed by atoms with van der Waals surface area (Å²) in [6.45, 7) is 11.0. The number of ether oxygens (including phenoxy) is 4. The molecule has 262 valence electrons. The number of para-hydroxylation sites is 2. The summed E-state index contributed by atoms with van der Waals surface area (Å²) in [5.74, 6) is 2.42. The number of hydrogen-bond acceptors (Lipinski definition) is 8. The van der Waals surface area contributed by atoms with Gasteiger partial charge < -0.3 is 38.6 Å². The lowest BCUT2D eigenvalue weighted by Gasteiger charge is -2.36. The van der Waals surface area contributed by atoms with Crippen LogP contribution in [0.15, 0.2) is 66.7 Å². The molecule has 2 saturated heterocycles. The van der Waals surface area contributed by atoms with Crippen molar-refractivity contribution < 1.29 is 23.7 Å². The molecule has 4 aromatic rings. The number of carbonyl (C=O) groups is 1. The van der Waals surface area contributed by atoms with Crippen molar-refractivity contribution in [2.24, 2.45) is 0 Å². The predicted octanol–water partition coefficient (Wildman–Crippen LogP) is 6.24. The number of nitrogens with zero attached hydrogens (tertiary/aromatic N) is 4. The number of amides is 1. The topological polar surface area (TPSA) is 90.3 Å². The number of aromatic nitrogens is 2. The van der Waals surface area contributed by atoms with Gasteiger partial charge in [0, 0.05) is 56.4 Å². The van der Waals surface area contributed by atoms with Crippen molar-refractivity contribution in [1.82, 2.24) is 19.4 Å². The Labute approximate surface area is 290 Å². The molecule has 0 spiro atoms. The van der Waals surface area contributed by atoms with E-state index in [1.54, 1.807) is 26.4 Å². The highest BCUT2D eigenvalue weighted by atomic mass is 16.5. The number of methoxy groups -OCH3 is 2. The molecule has 3 heterocycles. The molecule has 1 N–H and O–H groups in total. The van der Waals surface area contributed by atoms with Gasteiger partial charge in [0.2, 0.25) is 11.7 Å². The zero-order valence-corrected chi connectivity index (χ0v) is 29.5. The minimum atomic E-state index is -0.114. The van der Waals surface area contributed by atoms with Gasteiger partial charge in [-0.3, -0.25) is 4.79 Å². The van der Waals surface area contributed by atoms with Gasteiger partial charge in [0.1, 0.15) is 0 Å². The van der Waals surface area contributed by atoms with Crippen LogP contribution in [-0.4, -0.2) is 98.1 Å². The zero-order valence-electron chi connectivity index (χ0n) is 29.5.